The lowest BCUT2D eigenvalue weighted by Crippen LogP contribution is -2.50. The highest BCUT2D eigenvalue weighted by atomic mass is 35.5. The zero-order valence-corrected chi connectivity index (χ0v) is 15.2. The minimum atomic E-state index is -0.0771. The van der Waals surface area contributed by atoms with E-state index in [1.165, 1.54) is 0 Å². The summed E-state index contributed by atoms with van der Waals surface area (Å²) in [4.78, 5) is 16.5. The molecule has 0 aliphatic carbocycles. The van der Waals surface area contributed by atoms with E-state index in [4.69, 9.17) is 16.3 Å². The molecule has 1 fully saturated rings. The van der Waals surface area contributed by atoms with Crippen molar-refractivity contribution in [1.82, 2.24) is 4.90 Å². The summed E-state index contributed by atoms with van der Waals surface area (Å²) in [5, 5.41) is 3.70. The van der Waals surface area contributed by atoms with Gasteiger partial charge in [-0.25, -0.2) is 4.79 Å². The van der Waals surface area contributed by atoms with Gasteiger partial charge in [0.25, 0.3) is 0 Å². The average molecular weight is 360 g/mol. The number of anilines is 2. The summed E-state index contributed by atoms with van der Waals surface area (Å²) in [7, 11) is 1.62. The van der Waals surface area contributed by atoms with Crippen LogP contribution in [0.1, 0.15) is 5.56 Å². The number of rotatable bonds is 3. The number of hydrogen-bond donors (Lipinski definition) is 1. The molecule has 1 heterocycles. The van der Waals surface area contributed by atoms with Gasteiger partial charge in [-0.3, -0.25) is 0 Å². The minimum Gasteiger partial charge on any atom is -0.497 e. The second kappa shape index (κ2) is 7.66. The van der Waals surface area contributed by atoms with Gasteiger partial charge in [0.05, 0.1) is 7.11 Å². The zero-order chi connectivity index (χ0) is 17.8. The molecule has 0 saturated carbocycles. The lowest BCUT2D eigenvalue weighted by Gasteiger charge is -2.36. The molecule has 132 valence electrons. The molecular formula is C19H22ClN3O2. The van der Waals surface area contributed by atoms with E-state index in [0.29, 0.717) is 13.1 Å². The monoisotopic (exact) mass is 359 g/mol. The topological polar surface area (TPSA) is 44.8 Å². The predicted molar refractivity (Wildman–Crippen MR) is 102 cm³/mol. The van der Waals surface area contributed by atoms with Gasteiger partial charge in [0.2, 0.25) is 0 Å². The van der Waals surface area contributed by atoms with Gasteiger partial charge in [-0.1, -0.05) is 17.7 Å². The molecule has 0 atom stereocenters. The van der Waals surface area contributed by atoms with Crippen molar-refractivity contribution in [3.63, 3.8) is 0 Å². The summed E-state index contributed by atoms with van der Waals surface area (Å²) in [6.45, 7) is 4.92. The molecule has 25 heavy (non-hydrogen) atoms. The molecule has 1 aliphatic rings. The highest BCUT2D eigenvalue weighted by Crippen LogP contribution is 2.24. The van der Waals surface area contributed by atoms with Crippen LogP contribution in [0.4, 0.5) is 16.2 Å². The van der Waals surface area contributed by atoms with Gasteiger partial charge in [-0.2, -0.15) is 0 Å². The van der Waals surface area contributed by atoms with Crippen LogP contribution >= 0.6 is 11.6 Å². The SMILES string of the molecule is COc1ccc(NC(=O)N2CCN(c3ccc(C)c(Cl)c3)CC2)cc1. The van der Waals surface area contributed by atoms with E-state index in [-0.39, 0.29) is 6.03 Å². The Balaban J connectivity index is 1.55. The quantitative estimate of drug-likeness (QED) is 0.900. The number of methoxy groups -OCH3 is 1. The fourth-order valence-electron chi connectivity index (χ4n) is 2.82. The number of ether oxygens (including phenoxy) is 1. The zero-order valence-electron chi connectivity index (χ0n) is 14.5. The molecule has 0 radical (unpaired) electrons. The Morgan fingerprint density at radius 1 is 1.08 bits per heavy atom. The van der Waals surface area contributed by atoms with Crippen molar-refractivity contribution >= 4 is 29.0 Å². The molecule has 1 N–H and O–H groups in total. The van der Waals surface area contributed by atoms with E-state index in [0.717, 1.165) is 40.8 Å². The number of hydrogen-bond acceptors (Lipinski definition) is 3. The molecule has 1 aliphatic heterocycles. The second-order valence-corrected chi connectivity index (χ2v) is 6.47. The van der Waals surface area contributed by atoms with Crippen molar-refractivity contribution in [2.75, 3.05) is 43.5 Å². The normalized spacial score (nSPS) is 14.4. The van der Waals surface area contributed by atoms with E-state index < -0.39 is 0 Å². The highest BCUT2D eigenvalue weighted by Gasteiger charge is 2.21. The van der Waals surface area contributed by atoms with E-state index in [1.807, 2.05) is 48.2 Å². The van der Waals surface area contributed by atoms with E-state index in [1.54, 1.807) is 7.11 Å². The molecule has 0 unspecified atom stereocenters. The van der Waals surface area contributed by atoms with Gasteiger partial charge in [0.15, 0.2) is 0 Å². The smallest absolute Gasteiger partial charge is 0.321 e. The molecule has 2 aromatic carbocycles. The number of nitrogens with one attached hydrogen (secondary N) is 1. The Morgan fingerprint density at radius 2 is 1.76 bits per heavy atom. The molecule has 1 saturated heterocycles. The van der Waals surface area contributed by atoms with Crippen molar-refractivity contribution in [2.45, 2.75) is 6.92 Å². The number of benzene rings is 2. The van der Waals surface area contributed by atoms with Crippen LogP contribution in [-0.4, -0.2) is 44.2 Å². The number of aryl methyl sites for hydroxylation is 1. The van der Waals surface area contributed by atoms with Gasteiger partial charge in [0, 0.05) is 42.6 Å². The molecule has 6 heteroatoms. The summed E-state index contributed by atoms with van der Waals surface area (Å²) in [6.07, 6.45) is 0. The van der Waals surface area contributed by atoms with Crippen LogP contribution in [0.3, 0.4) is 0 Å². The first-order valence-electron chi connectivity index (χ1n) is 8.28. The third kappa shape index (κ3) is 4.17. The maximum absolute atomic E-state index is 12.4. The summed E-state index contributed by atoms with van der Waals surface area (Å²) < 4.78 is 5.12. The lowest BCUT2D eigenvalue weighted by atomic mass is 10.2. The van der Waals surface area contributed by atoms with Crippen LogP contribution in [0.2, 0.25) is 5.02 Å². The van der Waals surface area contributed by atoms with E-state index in [9.17, 15) is 4.79 Å². The first-order chi connectivity index (χ1) is 12.1. The van der Waals surface area contributed by atoms with Crippen LogP contribution in [0, 0.1) is 6.92 Å². The number of carbonyl (C=O) groups excluding carboxylic acids is 1. The van der Waals surface area contributed by atoms with Gasteiger partial charge >= 0.3 is 6.03 Å². The Labute approximate surface area is 153 Å². The van der Waals surface area contributed by atoms with Gasteiger partial charge < -0.3 is 19.9 Å². The molecule has 3 rings (SSSR count). The molecule has 2 aromatic rings. The second-order valence-electron chi connectivity index (χ2n) is 6.07. The lowest BCUT2D eigenvalue weighted by molar-refractivity contribution is 0.208. The Morgan fingerprint density at radius 3 is 2.36 bits per heavy atom. The average Bonchev–Trinajstić information content (AvgIpc) is 2.65. The van der Waals surface area contributed by atoms with Gasteiger partial charge in [0.1, 0.15) is 5.75 Å². The molecule has 0 aromatic heterocycles. The number of piperazine rings is 1. The summed E-state index contributed by atoms with van der Waals surface area (Å²) >= 11 is 6.21. The number of nitrogens with zero attached hydrogens (tertiary/aromatic N) is 2. The van der Waals surface area contributed by atoms with Crippen LogP contribution in [0.5, 0.6) is 5.75 Å². The summed E-state index contributed by atoms with van der Waals surface area (Å²) in [6, 6.07) is 13.3. The van der Waals surface area contributed by atoms with Crippen LogP contribution in [-0.2, 0) is 0 Å². The summed E-state index contributed by atoms with van der Waals surface area (Å²) in [5.41, 5.74) is 2.94. The Kier molecular flexibility index (Phi) is 5.34. The maximum atomic E-state index is 12.4. The largest absolute Gasteiger partial charge is 0.497 e. The third-order valence-electron chi connectivity index (χ3n) is 4.43. The summed E-state index contributed by atoms with van der Waals surface area (Å²) in [5.74, 6) is 0.767. The Hall–Kier alpha value is -2.40. The van der Waals surface area contributed by atoms with Crippen LogP contribution < -0.4 is 15.0 Å². The van der Waals surface area contributed by atoms with Crippen molar-refractivity contribution in [3.8, 4) is 5.75 Å². The van der Waals surface area contributed by atoms with Gasteiger partial charge in [-0.05, 0) is 48.9 Å². The van der Waals surface area contributed by atoms with Crippen molar-refractivity contribution in [3.05, 3.63) is 53.1 Å². The number of amides is 2. The first-order valence-corrected chi connectivity index (χ1v) is 8.65. The predicted octanol–water partition coefficient (Wildman–Crippen LogP) is 4.01. The molecule has 0 bridgehead atoms. The fraction of sp³-hybridized carbons (Fsp3) is 0.316. The third-order valence-corrected chi connectivity index (χ3v) is 4.84. The Bertz CT molecular complexity index is 741. The van der Waals surface area contributed by atoms with Gasteiger partial charge in [-0.15, -0.1) is 0 Å². The highest BCUT2D eigenvalue weighted by molar-refractivity contribution is 6.31. The van der Waals surface area contributed by atoms with Crippen LogP contribution in [0.25, 0.3) is 0 Å². The van der Waals surface area contributed by atoms with Crippen molar-refractivity contribution in [1.29, 1.82) is 0 Å². The minimum absolute atomic E-state index is 0.0771. The molecule has 0 spiro atoms. The standard InChI is InChI=1S/C19H22ClN3O2/c1-14-3-6-16(13-18(14)20)22-9-11-23(12-10-22)19(24)21-15-4-7-17(25-2)8-5-15/h3-8,13H,9-12H2,1-2H3,(H,21,24). The van der Waals surface area contributed by atoms with Crippen LogP contribution in [0.15, 0.2) is 42.5 Å². The van der Waals surface area contributed by atoms with E-state index in [2.05, 4.69) is 16.3 Å². The fourth-order valence-corrected chi connectivity index (χ4v) is 3.00. The molecular weight excluding hydrogens is 338 g/mol. The maximum Gasteiger partial charge on any atom is 0.321 e. The molecule has 2 amide bonds. The van der Waals surface area contributed by atoms with Crippen molar-refractivity contribution in [2.24, 2.45) is 0 Å². The van der Waals surface area contributed by atoms with Crippen molar-refractivity contribution < 1.29 is 9.53 Å². The first kappa shape index (κ1) is 17.4. The molecule has 5 nitrogen and oxygen atoms in total. The number of carbonyl (C=O) groups is 1. The van der Waals surface area contributed by atoms with E-state index >= 15 is 0 Å². The number of urea groups is 1. The number of halogens is 1.